The van der Waals surface area contributed by atoms with Crippen molar-refractivity contribution in [2.45, 2.75) is 13.5 Å². The molecular formula is C11H17N3O2S. The van der Waals surface area contributed by atoms with Crippen LogP contribution in [0.15, 0.2) is 12.1 Å². The van der Waals surface area contributed by atoms with Crippen LogP contribution in [-0.2, 0) is 16.4 Å². The highest BCUT2D eigenvalue weighted by atomic mass is 32.2. The molecule has 0 aliphatic carbocycles. The first-order valence-electron chi connectivity index (χ1n) is 5.64. The summed E-state index contributed by atoms with van der Waals surface area (Å²) in [5.41, 5.74) is 7.52. The van der Waals surface area contributed by atoms with Gasteiger partial charge in [-0.15, -0.1) is 0 Å². The number of nitrogens with zero attached hydrogens (tertiary/aromatic N) is 2. The molecule has 1 aromatic heterocycles. The number of rotatable bonds is 2. The molecule has 0 atom stereocenters. The van der Waals surface area contributed by atoms with E-state index in [1.165, 1.54) is 0 Å². The topological polar surface area (TPSA) is 76.3 Å². The van der Waals surface area contributed by atoms with Crippen molar-refractivity contribution in [3.8, 4) is 0 Å². The lowest BCUT2D eigenvalue weighted by atomic mass is 10.2. The molecule has 2 N–H and O–H groups in total. The molecule has 2 rings (SSSR count). The summed E-state index contributed by atoms with van der Waals surface area (Å²) >= 11 is 0. The summed E-state index contributed by atoms with van der Waals surface area (Å²) in [6.07, 6.45) is 0. The number of sulfone groups is 1. The Hall–Kier alpha value is -1.14. The van der Waals surface area contributed by atoms with Crippen molar-refractivity contribution in [3.63, 3.8) is 0 Å². The largest absolute Gasteiger partial charge is 0.355 e. The van der Waals surface area contributed by atoms with E-state index >= 15 is 0 Å². The SMILES string of the molecule is Cc1nc(N2CCS(=O)(=O)CC2)ccc1CN. The Morgan fingerprint density at radius 3 is 2.53 bits per heavy atom. The first-order valence-corrected chi connectivity index (χ1v) is 7.46. The normalized spacial score (nSPS) is 19.3. The lowest BCUT2D eigenvalue weighted by Crippen LogP contribution is -2.40. The van der Waals surface area contributed by atoms with E-state index in [0.717, 1.165) is 17.1 Å². The summed E-state index contributed by atoms with van der Waals surface area (Å²) in [4.78, 5) is 6.47. The number of pyridine rings is 1. The van der Waals surface area contributed by atoms with Crippen molar-refractivity contribution in [1.82, 2.24) is 4.98 Å². The molecule has 0 aromatic carbocycles. The van der Waals surface area contributed by atoms with Crippen LogP contribution in [0.5, 0.6) is 0 Å². The minimum atomic E-state index is -2.84. The number of aromatic nitrogens is 1. The fraction of sp³-hybridized carbons (Fsp3) is 0.545. The van der Waals surface area contributed by atoms with Gasteiger partial charge < -0.3 is 10.6 Å². The highest BCUT2D eigenvalue weighted by molar-refractivity contribution is 7.91. The van der Waals surface area contributed by atoms with E-state index in [4.69, 9.17) is 5.73 Å². The predicted octanol–water partition coefficient (Wildman–Crippen LogP) is 0.0835. The third kappa shape index (κ3) is 2.76. The van der Waals surface area contributed by atoms with Gasteiger partial charge in [-0.25, -0.2) is 13.4 Å². The summed E-state index contributed by atoms with van der Waals surface area (Å²) in [6.45, 7) is 3.45. The molecule has 6 heteroatoms. The van der Waals surface area contributed by atoms with Crippen LogP contribution in [0.25, 0.3) is 0 Å². The lowest BCUT2D eigenvalue weighted by molar-refractivity contribution is 0.586. The standard InChI is InChI=1S/C11H17N3O2S/c1-9-10(8-12)2-3-11(13-9)14-4-6-17(15,16)7-5-14/h2-3H,4-8,12H2,1H3. The maximum absolute atomic E-state index is 11.3. The minimum Gasteiger partial charge on any atom is -0.355 e. The smallest absolute Gasteiger partial charge is 0.153 e. The fourth-order valence-corrected chi connectivity index (χ4v) is 3.11. The molecule has 0 unspecified atom stereocenters. The number of aryl methyl sites for hydroxylation is 1. The number of nitrogens with two attached hydrogens (primary N) is 1. The van der Waals surface area contributed by atoms with Crippen LogP contribution >= 0.6 is 0 Å². The molecule has 0 amide bonds. The van der Waals surface area contributed by atoms with E-state index < -0.39 is 9.84 Å². The van der Waals surface area contributed by atoms with Crippen molar-refractivity contribution >= 4 is 15.7 Å². The number of hydrogen-bond acceptors (Lipinski definition) is 5. The third-order valence-corrected chi connectivity index (χ3v) is 4.68. The average molecular weight is 255 g/mol. The lowest BCUT2D eigenvalue weighted by Gasteiger charge is -2.28. The van der Waals surface area contributed by atoms with Gasteiger partial charge in [0.1, 0.15) is 5.82 Å². The van der Waals surface area contributed by atoms with E-state index in [2.05, 4.69) is 4.98 Å². The van der Waals surface area contributed by atoms with Crippen LogP contribution in [0.1, 0.15) is 11.3 Å². The second-order valence-electron chi connectivity index (χ2n) is 4.26. The van der Waals surface area contributed by atoms with Crippen LogP contribution in [0.3, 0.4) is 0 Å². The Morgan fingerprint density at radius 2 is 2.00 bits per heavy atom. The van der Waals surface area contributed by atoms with Crippen molar-refractivity contribution in [2.24, 2.45) is 5.73 Å². The average Bonchev–Trinajstić information content (AvgIpc) is 2.29. The summed E-state index contributed by atoms with van der Waals surface area (Å²) in [5, 5.41) is 0. The fourth-order valence-electron chi connectivity index (χ4n) is 1.91. The Bertz CT molecular complexity index is 499. The Kier molecular flexibility index (Phi) is 3.35. The molecule has 0 spiro atoms. The third-order valence-electron chi connectivity index (χ3n) is 3.07. The second kappa shape index (κ2) is 4.62. The zero-order valence-corrected chi connectivity index (χ0v) is 10.7. The molecular weight excluding hydrogens is 238 g/mol. The van der Waals surface area contributed by atoms with E-state index in [-0.39, 0.29) is 11.5 Å². The second-order valence-corrected chi connectivity index (χ2v) is 6.56. The van der Waals surface area contributed by atoms with Crippen LogP contribution < -0.4 is 10.6 Å². The van der Waals surface area contributed by atoms with Gasteiger partial charge in [0.05, 0.1) is 11.5 Å². The van der Waals surface area contributed by atoms with Crippen LogP contribution in [0, 0.1) is 6.92 Å². The maximum atomic E-state index is 11.3. The van der Waals surface area contributed by atoms with E-state index in [1.54, 1.807) is 0 Å². The summed E-state index contributed by atoms with van der Waals surface area (Å²) < 4.78 is 22.7. The maximum Gasteiger partial charge on any atom is 0.153 e. The van der Waals surface area contributed by atoms with Gasteiger partial charge in [0.25, 0.3) is 0 Å². The highest BCUT2D eigenvalue weighted by Gasteiger charge is 2.22. The predicted molar refractivity (Wildman–Crippen MR) is 67.7 cm³/mol. The van der Waals surface area contributed by atoms with Gasteiger partial charge in [0.2, 0.25) is 0 Å². The Labute approximate surface area is 102 Å². The summed E-state index contributed by atoms with van der Waals surface area (Å²) in [7, 11) is -2.84. The first-order chi connectivity index (χ1) is 8.02. The molecule has 94 valence electrons. The van der Waals surface area contributed by atoms with Crippen LogP contribution in [0.2, 0.25) is 0 Å². The highest BCUT2D eigenvalue weighted by Crippen LogP contribution is 2.17. The van der Waals surface area contributed by atoms with Gasteiger partial charge >= 0.3 is 0 Å². The molecule has 5 nitrogen and oxygen atoms in total. The zero-order chi connectivity index (χ0) is 12.5. The zero-order valence-electron chi connectivity index (χ0n) is 9.89. The van der Waals surface area contributed by atoms with Gasteiger partial charge in [-0.05, 0) is 18.6 Å². The van der Waals surface area contributed by atoms with Gasteiger partial charge in [0, 0.05) is 25.3 Å². The summed E-state index contributed by atoms with van der Waals surface area (Å²) in [6, 6.07) is 3.87. The van der Waals surface area contributed by atoms with Gasteiger partial charge in [0.15, 0.2) is 9.84 Å². The molecule has 1 fully saturated rings. The number of anilines is 1. The van der Waals surface area contributed by atoms with Gasteiger partial charge in [-0.2, -0.15) is 0 Å². The summed E-state index contributed by atoms with van der Waals surface area (Å²) in [5.74, 6) is 1.27. The van der Waals surface area contributed by atoms with Crippen LogP contribution in [-0.4, -0.2) is 38.0 Å². The van der Waals surface area contributed by atoms with Crippen molar-refractivity contribution in [1.29, 1.82) is 0 Å². The van der Waals surface area contributed by atoms with E-state index in [1.807, 2.05) is 24.0 Å². The van der Waals surface area contributed by atoms with E-state index in [9.17, 15) is 8.42 Å². The molecule has 1 saturated heterocycles. The molecule has 0 radical (unpaired) electrons. The van der Waals surface area contributed by atoms with Crippen molar-refractivity contribution in [2.75, 3.05) is 29.5 Å². The Morgan fingerprint density at radius 1 is 1.35 bits per heavy atom. The molecule has 1 aliphatic rings. The molecule has 1 aromatic rings. The monoisotopic (exact) mass is 255 g/mol. The quantitative estimate of drug-likeness (QED) is 0.810. The Balaban J connectivity index is 2.16. The molecule has 1 aliphatic heterocycles. The minimum absolute atomic E-state index is 0.215. The van der Waals surface area contributed by atoms with Gasteiger partial charge in [-0.3, -0.25) is 0 Å². The van der Waals surface area contributed by atoms with E-state index in [0.29, 0.717) is 19.6 Å². The van der Waals surface area contributed by atoms with Crippen molar-refractivity contribution in [3.05, 3.63) is 23.4 Å². The van der Waals surface area contributed by atoms with Gasteiger partial charge in [-0.1, -0.05) is 6.07 Å². The molecule has 0 saturated carbocycles. The van der Waals surface area contributed by atoms with Crippen molar-refractivity contribution < 1.29 is 8.42 Å². The van der Waals surface area contributed by atoms with Crippen LogP contribution in [0.4, 0.5) is 5.82 Å². The first kappa shape index (κ1) is 12.3. The number of hydrogen-bond donors (Lipinski definition) is 1. The molecule has 0 bridgehead atoms. The molecule has 2 heterocycles. The molecule has 17 heavy (non-hydrogen) atoms.